The van der Waals surface area contributed by atoms with E-state index in [1.165, 1.54) is 27.0 Å². The van der Waals surface area contributed by atoms with Crippen LogP contribution in [0.25, 0.3) is 0 Å². The molecule has 0 spiro atoms. The summed E-state index contributed by atoms with van der Waals surface area (Å²) < 4.78 is 0. The standard InChI is InChI=1S/C11H13ClN2O3/c1-11(2,10(16)17)14(3)9(15)7-5-4-6-8(12)13-7/h4-6H,1-3H3,(H,16,17). The Bertz CT molecular complexity index is 460. The zero-order valence-corrected chi connectivity index (χ0v) is 10.5. The summed E-state index contributed by atoms with van der Waals surface area (Å²) in [6, 6.07) is 4.62. The van der Waals surface area contributed by atoms with Crippen molar-refractivity contribution in [3.05, 3.63) is 29.0 Å². The maximum atomic E-state index is 12.0. The van der Waals surface area contributed by atoms with Gasteiger partial charge in [0.25, 0.3) is 5.91 Å². The fourth-order valence-corrected chi connectivity index (χ4v) is 1.26. The molecule has 6 heteroatoms. The van der Waals surface area contributed by atoms with E-state index in [-0.39, 0.29) is 10.8 Å². The number of likely N-dealkylation sites (N-methyl/N-ethyl adjacent to an activating group) is 1. The van der Waals surface area contributed by atoms with Gasteiger partial charge in [-0.05, 0) is 26.0 Å². The smallest absolute Gasteiger partial charge is 0.329 e. The predicted octanol–water partition coefficient (Wildman–Crippen LogP) is 1.67. The van der Waals surface area contributed by atoms with E-state index < -0.39 is 17.4 Å². The lowest BCUT2D eigenvalue weighted by Crippen LogP contribution is -2.50. The Morgan fingerprint density at radius 1 is 1.41 bits per heavy atom. The molecular formula is C11H13ClN2O3. The van der Waals surface area contributed by atoms with E-state index in [0.717, 1.165) is 4.90 Å². The molecule has 92 valence electrons. The summed E-state index contributed by atoms with van der Waals surface area (Å²) in [4.78, 5) is 28.0. The van der Waals surface area contributed by atoms with E-state index in [4.69, 9.17) is 16.7 Å². The van der Waals surface area contributed by atoms with Gasteiger partial charge in [0.2, 0.25) is 0 Å². The van der Waals surface area contributed by atoms with Crippen LogP contribution in [0.5, 0.6) is 0 Å². The second kappa shape index (κ2) is 4.71. The molecule has 0 unspecified atom stereocenters. The molecule has 0 fully saturated rings. The van der Waals surface area contributed by atoms with Gasteiger partial charge in [0, 0.05) is 7.05 Å². The van der Waals surface area contributed by atoms with Crippen LogP contribution in [0.15, 0.2) is 18.2 Å². The lowest BCUT2D eigenvalue weighted by molar-refractivity contribution is -0.147. The Labute approximate surface area is 104 Å². The second-order valence-corrected chi connectivity index (χ2v) is 4.46. The molecule has 1 N–H and O–H groups in total. The molecule has 0 saturated carbocycles. The maximum absolute atomic E-state index is 12.0. The molecule has 1 aromatic heterocycles. The Hall–Kier alpha value is -1.62. The van der Waals surface area contributed by atoms with Gasteiger partial charge in [-0.1, -0.05) is 17.7 Å². The maximum Gasteiger partial charge on any atom is 0.329 e. The van der Waals surface area contributed by atoms with Crippen molar-refractivity contribution >= 4 is 23.5 Å². The molecule has 0 aliphatic rings. The van der Waals surface area contributed by atoms with E-state index in [9.17, 15) is 9.59 Å². The van der Waals surface area contributed by atoms with Crippen molar-refractivity contribution in [3.8, 4) is 0 Å². The highest BCUT2D eigenvalue weighted by Gasteiger charge is 2.35. The topological polar surface area (TPSA) is 70.5 Å². The van der Waals surface area contributed by atoms with Gasteiger partial charge in [0.1, 0.15) is 16.4 Å². The molecule has 0 aliphatic carbocycles. The van der Waals surface area contributed by atoms with Gasteiger partial charge >= 0.3 is 5.97 Å². The number of amides is 1. The average Bonchev–Trinajstić information content (AvgIpc) is 2.26. The molecule has 0 bridgehead atoms. The number of rotatable bonds is 3. The zero-order valence-electron chi connectivity index (χ0n) is 9.77. The van der Waals surface area contributed by atoms with E-state index in [2.05, 4.69) is 4.98 Å². The number of carboxylic acid groups (broad SMARTS) is 1. The third-order valence-corrected chi connectivity index (χ3v) is 2.81. The monoisotopic (exact) mass is 256 g/mol. The SMILES string of the molecule is CN(C(=O)c1cccc(Cl)n1)C(C)(C)C(=O)O. The van der Waals surface area contributed by atoms with Crippen LogP contribution in [0.4, 0.5) is 0 Å². The van der Waals surface area contributed by atoms with Gasteiger partial charge in [0.15, 0.2) is 0 Å². The Balaban J connectivity index is 3.02. The third-order valence-electron chi connectivity index (χ3n) is 2.60. The number of aliphatic carboxylic acids is 1. The first-order valence-corrected chi connectivity index (χ1v) is 5.28. The van der Waals surface area contributed by atoms with Crippen LogP contribution in [-0.4, -0.2) is 39.5 Å². The fraction of sp³-hybridized carbons (Fsp3) is 0.364. The van der Waals surface area contributed by atoms with Crippen LogP contribution < -0.4 is 0 Å². The molecule has 0 saturated heterocycles. The molecule has 5 nitrogen and oxygen atoms in total. The predicted molar refractivity (Wildman–Crippen MR) is 63.1 cm³/mol. The summed E-state index contributed by atoms with van der Waals surface area (Å²) in [5.41, 5.74) is -1.18. The van der Waals surface area contributed by atoms with Crippen molar-refractivity contribution < 1.29 is 14.7 Å². The van der Waals surface area contributed by atoms with Crippen LogP contribution >= 0.6 is 11.6 Å². The number of hydrogen-bond acceptors (Lipinski definition) is 3. The minimum atomic E-state index is -1.30. The minimum Gasteiger partial charge on any atom is -0.480 e. The number of halogens is 1. The van der Waals surface area contributed by atoms with Crippen LogP contribution in [0, 0.1) is 0 Å². The second-order valence-electron chi connectivity index (χ2n) is 4.07. The van der Waals surface area contributed by atoms with Crippen molar-refractivity contribution in [2.24, 2.45) is 0 Å². The van der Waals surface area contributed by atoms with Gasteiger partial charge < -0.3 is 10.0 Å². The number of carbonyl (C=O) groups excluding carboxylic acids is 1. The molecule has 1 aromatic rings. The van der Waals surface area contributed by atoms with E-state index >= 15 is 0 Å². The highest BCUT2D eigenvalue weighted by Crippen LogP contribution is 2.16. The Morgan fingerprint density at radius 2 is 2.00 bits per heavy atom. The molecule has 0 aromatic carbocycles. The number of carboxylic acids is 1. The molecule has 1 amide bonds. The van der Waals surface area contributed by atoms with Gasteiger partial charge in [-0.25, -0.2) is 9.78 Å². The number of carbonyl (C=O) groups is 2. The first kappa shape index (κ1) is 13.4. The normalized spacial score (nSPS) is 11.1. The molecule has 1 rings (SSSR count). The average molecular weight is 257 g/mol. The summed E-state index contributed by atoms with van der Waals surface area (Å²) in [6.45, 7) is 2.88. The number of pyridine rings is 1. The molecule has 1 heterocycles. The first-order chi connectivity index (χ1) is 7.76. The molecule has 17 heavy (non-hydrogen) atoms. The fourth-order valence-electron chi connectivity index (χ4n) is 1.10. The van der Waals surface area contributed by atoms with Crippen molar-refractivity contribution in [1.82, 2.24) is 9.88 Å². The van der Waals surface area contributed by atoms with Gasteiger partial charge in [-0.2, -0.15) is 0 Å². The quantitative estimate of drug-likeness (QED) is 0.835. The van der Waals surface area contributed by atoms with Crippen LogP contribution in [0.2, 0.25) is 5.15 Å². The molecular weight excluding hydrogens is 244 g/mol. The highest BCUT2D eigenvalue weighted by molar-refractivity contribution is 6.29. The zero-order chi connectivity index (χ0) is 13.2. The molecule has 0 aliphatic heterocycles. The van der Waals surface area contributed by atoms with Crippen LogP contribution in [0.1, 0.15) is 24.3 Å². The summed E-state index contributed by atoms with van der Waals surface area (Å²) in [7, 11) is 1.42. The van der Waals surface area contributed by atoms with Crippen molar-refractivity contribution in [3.63, 3.8) is 0 Å². The minimum absolute atomic E-state index is 0.120. The van der Waals surface area contributed by atoms with E-state index in [1.54, 1.807) is 12.1 Å². The Kier molecular flexibility index (Phi) is 3.72. The summed E-state index contributed by atoms with van der Waals surface area (Å²) in [5, 5.41) is 9.21. The van der Waals surface area contributed by atoms with Gasteiger partial charge in [0.05, 0.1) is 0 Å². The molecule has 0 atom stereocenters. The van der Waals surface area contributed by atoms with Gasteiger partial charge in [-0.3, -0.25) is 4.79 Å². The van der Waals surface area contributed by atoms with Crippen molar-refractivity contribution in [2.45, 2.75) is 19.4 Å². The summed E-state index contributed by atoms with van der Waals surface area (Å²) >= 11 is 5.67. The lowest BCUT2D eigenvalue weighted by Gasteiger charge is -2.31. The van der Waals surface area contributed by atoms with Crippen molar-refractivity contribution in [2.75, 3.05) is 7.05 Å². The van der Waals surface area contributed by atoms with Gasteiger partial charge in [-0.15, -0.1) is 0 Å². The van der Waals surface area contributed by atoms with Crippen LogP contribution in [0.3, 0.4) is 0 Å². The number of aromatic nitrogens is 1. The number of nitrogens with zero attached hydrogens (tertiary/aromatic N) is 2. The lowest BCUT2D eigenvalue weighted by atomic mass is 10.0. The number of hydrogen-bond donors (Lipinski definition) is 1. The first-order valence-electron chi connectivity index (χ1n) is 4.91. The van der Waals surface area contributed by atoms with E-state index in [0.29, 0.717) is 0 Å². The van der Waals surface area contributed by atoms with E-state index in [1.807, 2.05) is 0 Å². The Morgan fingerprint density at radius 3 is 2.47 bits per heavy atom. The van der Waals surface area contributed by atoms with Crippen molar-refractivity contribution in [1.29, 1.82) is 0 Å². The largest absolute Gasteiger partial charge is 0.480 e. The van der Waals surface area contributed by atoms with Crippen LogP contribution in [-0.2, 0) is 4.79 Å². The summed E-state index contributed by atoms with van der Waals surface area (Å²) in [6.07, 6.45) is 0. The third kappa shape index (κ3) is 2.74. The summed E-state index contributed by atoms with van der Waals surface area (Å²) in [5.74, 6) is -1.57. The molecule has 0 radical (unpaired) electrons. The highest BCUT2D eigenvalue weighted by atomic mass is 35.5.